The maximum absolute atomic E-state index is 5.81. The zero-order valence-electron chi connectivity index (χ0n) is 11.5. The normalized spacial score (nSPS) is 11.1. The fraction of sp³-hybridized carbons (Fsp3) is 0.0625. The first kappa shape index (κ1) is 13.2. The first-order chi connectivity index (χ1) is 10.8. The van der Waals surface area contributed by atoms with Crippen molar-refractivity contribution in [1.82, 2.24) is 19.7 Å². The van der Waals surface area contributed by atoms with E-state index in [1.807, 2.05) is 34.9 Å². The Bertz CT molecular complexity index is 913. The Morgan fingerprint density at radius 1 is 1.00 bits per heavy atom. The molecule has 0 aliphatic carbocycles. The number of oxazole rings is 1. The van der Waals surface area contributed by atoms with Crippen LogP contribution in [0.15, 0.2) is 64.0 Å². The van der Waals surface area contributed by atoms with E-state index in [0.29, 0.717) is 12.3 Å². The third-order valence-electron chi connectivity index (χ3n) is 3.40. The van der Waals surface area contributed by atoms with E-state index in [-0.39, 0.29) is 0 Å². The van der Waals surface area contributed by atoms with Gasteiger partial charge >= 0.3 is 0 Å². The predicted molar refractivity (Wildman–Crippen MR) is 85.9 cm³/mol. The maximum atomic E-state index is 5.81. The van der Waals surface area contributed by atoms with Gasteiger partial charge in [0.05, 0.1) is 5.69 Å². The molecule has 22 heavy (non-hydrogen) atoms. The molecule has 0 saturated heterocycles. The topological polar surface area (TPSA) is 56.7 Å². The van der Waals surface area contributed by atoms with Crippen molar-refractivity contribution >= 4 is 27.0 Å². The Morgan fingerprint density at radius 3 is 2.55 bits per heavy atom. The van der Waals surface area contributed by atoms with Crippen LogP contribution in [0.25, 0.3) is 16.8 Å². The Labute approximate surface area is 134 Å². The summed E-state index contributed by atoms with van der Waals surface area (Å²) in [4.78, 5) is 4.57. The van der Waals surface area contributed by atoms with Crippen LogP contribution in [0, 0.1) is 0 Å². The van der Waals surface area contributed by atoms with Gasteiger partial charge in [0.1, 0.15) is 18.2 Å². The van der Waals surface area contributed by atoms with Crippen molar-refractivity contribution in [1.29, 1.82) is 0 Å². The fourth-order valence-corrected chi connectivity index (χ4v) is 2.58. The molecule has 2 heterocycles. The Morgan fingerprint density at radius 2 is 1.77 bits per heavy atom. The molecule has 0 bridgehead atoms. The molecule has 0 fully saturated rings. The molecule has 0 unspecified atom stereocenters. The number of hydrogen-bond acceptors (Lipinski definition) is 4. The Balaban J connectivity index is 1.67. The second-order valence-corrected chi connectivity index (χ2v) is 5.85. The molecule has 0 radical (unpaired) electrons. The van der Waals surface area contributed by atoms with Crippen molar-refractivity contribution in [2.24, 2.45) is 0 Å². The largest absolute Gasteiger partial charge is 0.440 e. The van der Waals surface area contributed by atoms with Crippen LogP contribution < -0.4 is 0 Å². The van der Waals surface area contributed by atoms with E-state index in [9.17, 15) is 0 Å². The lowest BCUT2D eigenvalue weighted by Crippen LogP contribution is -1.89. The lowest BCUT2D eigenvalue weighted by Gasteiger charge is -1.98. The molecule has 0 saturated carbocycles. The number of rotatable bonds is 3. The van der Waals surface area contributed by atoms with Gasteiger partial charge in [0, 0.05) is 10.9 Å². The summed E-state index contributed by atoms with van der Waals surface area (Å²) in [6.45, 7) is 0. The van der Waals surface area contributed by atoms with E-state index in [1.165, 1.54) is 0 Å². The molecule has 2 aromatic heterocycles. The second kappa shape index (κ2) is 5.38. The van der Waals surface area contributed by atoms with Crippen LogP contribution >= 0.6 is 15.9 Å². The lowest BCUT2D eigenvalue weighted by molar-refractivity contribution is 0.544. The molecule has 0 spiro atoms. The van der Waals surface area contributed by atoms with Crippen LogP contribution in [0.1, 0.15) is 11.5 Å². The highest BCUT2D eigenvalue weighted by Crippen LogP contribution is 2.21. The molecule has 108 valence electrons. The van der Waals surface area contributed by atoms with E-state index in [1.54, 1.807) is 12.7 Å². The number of halogens is 1. The van der Waals surface area contributed by atoms with Crippen LogP contribution in [-0.2, 0) is 6.42 Å². The Kier molecular flexibility index (Phi) is 3.23. The van der Waals surface area contributed by atoms with Gasteiger partial charge in [-0.2, -0.15) is 0 Å². The zero-order chi connectivity index (χ0) is 14.9. The lowest BCUT2D eigenvalue weighted by atomic mass is 10.1. The van der Waals surface area contributed by atoms with Gasteiger partial charge in [-0.25, -0.2) is 4.98 Å². The van der Waals surface area contributed by atoms with Crippen molar-refractivity contribution < 1.29 is 4.42 Å². The van der Waals surface area contributed by atoms with Gasteiger partial charge in [-0.15, -0.1) is 10.2 Å². The number of benzene rings is 2. The Hall–Kier alpha value is -2.47. The van der Waals surface area contributed by atoms with Crippen molar-refractivity contribution in [2.45, 2.75) is 6.42 Å². The average molecular weight is 355 g/mol. The number of fused-ring (bicyclic) bond motifs is 1. The highest BCUT2D eigenvalue weighted by molar-refractivity contribution is 9.10. The summed E-state index contributed by atoms with van der Waals surface area (Å²) in [6, 6.07) is 14.0. The zero-order valence-corrected chi connectivity index (χ0v) is 13.1. The van der Waals surface area contributed by atoms with Crippen LogP contribution in [0.3, 0.4) is 0 Å². The van der Waals surface area contributed by atoms with E-state index in [2.05, 4.69) is 43.2 Å². The summed E-state index contributed by atoms with van der Waals surface area (Å²) >= 11 is 3.43. The van der Waals surface area contributed by atoms with E-state index in [0.717, 1.165) is 26.8 Å². The molecule has 0 aliphatic rings. The molecule has 4 rings (SSSR count). The van der Waals surface area contributed by atoms with E-state index >= 15 is 0 Å². The summed E-state index contributed by atoms with van der Waals surface area (Å²) in [5, 5.41) is 7.62. The number of hydrogen-bond donors (Lipinski definition) is 0. The third kappa shape index (κ3) is 2.53. The van der Waals surface area contributed by atoms with E-state index in [4.69, 9.17) is 4.42 Å². The van der Waals surface area contributed by atoms with Gasteiger partial charge in [-0.1, -0.05) is 28.1 Å². The average Bonchev–Trinajstić information content (AvgIpc) is 3.17. The third-order valence-corrected chi connectivity index (χ3v) is 3.93. The van der Waals surface area contributed by atoms with Gasteiger partial charge in [-0.3, -0.25) is 4.57 Å². The summed E-state index contributed by atoms with van der Waals surface area (Å²) in [5.41, 5.74) is 3.73. The smallest absolute Gasteiger partial charge is 0.199 e. The minimum Gasteiger partial charge on any atom is -0.440 e. The first-order valence-corrected chi connectivity index (χ1v) is 7.56. The van der Waals surface area contributed by atoms with Crippen molar-refractivity contribution in [3.05, 3.63) is 71.0 Å². The van der Waals surface area contributed by atoms with Crippen molar-refractivity contribution in [2.75, 3.05) is 0 Å². The molecular weight excluding hydrogens is 344 g/mol. The molecular formula is C16H11BrN4O. The SMILES string of the molecule is Brc1ccc(Cc2nc3cc(-n4cnnc4)ccc3o2)cc1. The minimum absolute atomic E-state index is 0.671. The fourth-order valence-electron chi connectivity index (χ4n) is 2.31. The molecule has 0 atom stereocenters. The molecule has 2 aromatic carbocycles. The maximum Gasteiger partial charge on any atom is 0.199 e. The summed E-state index contributed by atoms with van der Waals surface area (Å²) in [7, 11) is 0. The summed E-state index contributed by atoms with van der Waals surface area (Å²) < 4.78 is 8.71. The molecule has 0 amide bonds. The van der Waals surface area contributed by atoms with Gasteiger partial charge in [-0.05, 0) is 35.9 Å². The van der Waals surface area contributed by atoms with Crippen LogP contribution in [0.5, 0.6) is 0 Å². The van der Waals surface area contributed by atoms with Crippen LogP contribution in [0.4, 0.5) is 0 Å². The van der Waals surface area contributed by atoms with Gasteiger partial charge in [0.15, 0.2) is 11.5 Å². The second-order valence-electron chi connectivity index (χ2n) is 4.93. The standard InChI is InChI=1S/C16H11BrN4O/c17-12-3-1-11(2-4-12)7-16-20-14-8-13(5-6-15(14)22-16)21-9-18-19-10-21/h1-6,8-10H,7H2. The summed E-state index contributed by atoms with van der Waals surface area (Å²) in [6.07, 6.45) is 3.98. The molecule has 6 heteroatoms. The summed E-state index contributed by atoms with van der Waals surface area (Å²) in [5.74, 6) is 0.707. The molecule has 0 N–H and O–H groups in total. The predicted octanol–water partition coefficient (Wildman–Crippen LogP) is 3.76. The molecule has 4 aromatic rings. The quantitative estimate of drug-likeness (QED) is 0.562. The van der Waals surface area contributed by atoms with Crippen molar-refractivity contribution in [3.8, 4) is 5.69 Å². The van der Waals surface area contributed by atoms with Crippen LogP contribution in [0.2, 0.25) is 0 Å². The van der Waals surface area contributed by atoms with Crippen molar-refractivity contribution in [3.63, 3.8) is 0 Å². The van der Waals surface area contributed by atoms with E-state index < -0.39 is 0 Å². The highest BCUT2D eigenvalue weighted by Gasteiger charge is 2.08. The van der Waals surface area contributed by atoms with Gasteiger partial charge < -0.3 is 4.42 Å². The van der Waals surface area contributed by atoms with Gasteiger partial charge in [0.25, 0.3) is 0 Å². The van der Waals surface area contributed by atoms with Crippen LogP contribution in [-0.4, -0.2) is 19.7 Å². The first-order valence-electron chi connectivity index (χ1n) is 6.77. The number of nitrogens with zero attached hydrogens (tertiary/aromatic N) is 4. The van der Waals surface area contributed by atoms with Gasteiger partial charge in [0.2, 0.25) is 0 Å². The minimum atomic E-state index is 0.671. The highest BCUT2D eigenvalue weighted by atomic mass is 79.9. The number of aromatic nitrogens is 4. The molecule has 0 aliphatic heterocycles. The monoisotopic (exact) mass is 354 g/mol. The molecule has 5 nitrogen and oxygen atoms in total.